The van der Waals surface area contributed by atoms with Crippen molar-refractivity contribution in [2.75, 3.05) is 13.2 Å². The summed E-state index contributed by atoms with van der Waals surface area (Å²) in [5.74, 6) is 0.610. The number of benzene rings is 2. The van der Waals surface area contributed by atoms with E-state index in [0.717, 1.165) is 22.3 Å². The van der Waals surface area contributed by atoms with Gasteiger partial charge in [-0.3, -0.25) is 4.79 Å². The summed E-state index contributed by atoms with van der Waals surface area (Å²) in [5.41, 5.74) is 4.78. The highest BCUT2D eigenvalue weighted by molar-refractivity contribution is 6.14. The van der Waals surface area contributed by atoms with Crippen LogP contribution in [0.5, 0.6) is 0 Å². The first-order chi connectivity index (χ1) is 19.3. The number of rotatable bonds is 14. The Balaban J connectivity index is 1.70. The molecule has 0 amide bonds. The van der Waals surface area contributed by atoms with Crippen LogP contribution < -0.4 is 0 Å². The molecule has 0 saturated carbocycles. The van der Waals surface area contributed by atoms with Gasteiger partial charge in [0.25, 0.3) is 0 Å². The maximum Gasteiger partial charge on any atom is 0.238 e. The summed E-state index contributed by atoms with van der Waals surface area (Å²) in [6.07, 6.45) is -0.743. The molecule has 0 aliphatic heterocycles. The van der Waals surface area contributed by atoms with Gasteiger partial charge in [0.15, 0.2) is 24.0 Å². The fraction of sp³-hybridized carbons (Fsp3) is 0.387. The first kappa shape index (κ1) is 29.4. The lowest BCUT2D eigenvalue weighted by Gasteiger charge is -2.15. The molecule has 0 spiro atoms. The summed E-state index contributed by atoms with van der Waals surface area (Å²) in [6, 6.07) is 15.4. The summed E-state index contributed by atoms with van der Waals surface area (Å²) in [6.45, 7) is 12.8. The monoisotopic (exact) mass is 548 g/mol. The highest BCUT2D eigenvalue weighted by atomic mass is 16.7. The second-order valence-corrected chi connectivity index (χ2v) is 9.24. The summed E-state index contributed by atoms with van der Waals surface area (Å²) in [5, 5.41) is 8.34. The molecule has 0 N–H and O–H groups in total. The lowest BCUT2D eigenvalue weighted by atomic mass is 9.93. The largest absolute Gasteiger partial charge is 0.360 e. The van der Waals surface area contributed by atoms with Gasteiger partial charge in [-0.2, -0.15) is 0 Å². The van der Waals surface area contributed by atoms with E-state index in [-0.39, 0.29) is 37.2 Å². The molecule has 2 aromatic heterocycles. The number of ether oxygens (including phenoxy) is 4. The summed E-state index contributed by atoms with van der Waals surface area (Å²) in [4.78, 5) is 14.0. The molecule has 0 fully saturated rings. The average molecular weight is 549 g/mol. The minimum atomic E-state index is -0.407. The maximum atomic E-state index is 14.0. The van der Waals surface area contributed by atoms with E-state index in [2.05, 4.69) is 10.3 Å². The molecule has 0 aliphatic carbocycles. The van der Waals surface area contributed by atoms with E-state index in [1.165, 1.54) is 0 Å². The Labute approximate surface area is 234 Å². The van der Waals surface area contributed by atoms with Crippen molar-refractivity contribution in [3.8, 4) is 22.3 Å². The topological polar surface area (TPSA) is 106 Å². The van der Waals surface area contributed by atoms with Crippen LogP contribution in [0, 0.1) is 13.8 Å². The number of hydrogen-bond donors (Lipinski definition) is 0. The van der Waals surface area contributed by atoms with E-state index in [1.54, 1.807) is 13.8 Å². The Morgan fingerprint density at radius 3 is 1.50 bits per heavy atom. The van der Waals surface area contributed by atoms with E-state index in [0.29, 0.717) is 35.9 Å². The molecule has 4 aromatic rings. The fourth-order valence-corrected chi connectivity index (χ4v) is 4.56. The Morgan fingerprint density at radius 2 is 1.10 bits per heavy atom. The Kier molecular flexibility index (Phi) is 10.0. The molecule has 4 rings (SSSR count). The molecular weight excluding hydrogens is 512 g/mol. The van der Waals surface area contributed by atoms with Crippen LogP contribution in [-0.2, 0) is 32.2 Å². The number of carbonyl (C=O) groups is 1. The lowest BCUT2D eigenvalue weighted by Crippen LogP contribution is -2.13. The zero-order chi connectivity index (χ0) is 28.6. The van der Waals surface area contributed by atoms with E-state index >= 15 is 0 Å². The Bertz CT molecular complexity index is 1320. The molecule has 0 saturated heterocycles. The van der Waals surface area contributed by atoms with Gasteiger partial charge in [-0.25, -0.2) is 0 Å². The quantitative estimate of drug-likeness (QED) is 0.127. The van der Waals surface area contributed by atoms with Crippen molar-refractivity contribution < 1.29 is 32.8 Å². The number of carbonyl (C=O) groups excluding carboxylic acids is 1. The molecular formula is C31H36N2O7. The Morgan fingerprint density at radius 1 is 0.700 bits per heavy atom. The molecule has 2 heterocycles. The normalized spacial score (nSPS) is 12.9. The number of aryl methyl sites for hydroxylation is 2. The van der Waals surface area contributed by atoms with E-state index in [1.807, 2.05) is 76.2 Å². The third-order valence-electron chi connectivity index (χ3n) is 6.48. The third-order valence-corrected chi connectivity index (χ3v) is 6.48. The highest BCUT2D eigenvalue weighted by Crippen LogP contribution is 2.36. The van der Waals surface area contributed by atoms with Crippen molar-refractivity contribution in [3.63, 3.8) is 0 Å². The molecule has 212 valence electrons. The predicted molar refractivity (Wildman–Crippen MR) is 149 cm³/mol. The van der Waals surface area contributed by atoms with Crippen LogP contribution in [-0.4, -0.2) is 41.9 Å². The molecule has 0 bridgehead atoms. The van der Waals surface area contributed by atoms with Gasteiger partial charge >= 0.3 is 0 Å². The Hall–Kier alpha value is -3.63. The minimum absolute atomic E-state index is 0.149. The molecule has 0 aliphatic rings. The zero-order valence-electron chi connectivity index (χ0n) is 23.9. The first-order valence-electron chi connectivity index (χ1n) is 13.5. The van der Waals surface area contributed by atoms with Crippen molar-refractivity contribution in [2.24, 2.45) is 0 Å². The van der Waals surface area contributed by atoms with Crippen LogP contribution in [0.2, 0.25) is 0 Å². The van der Waals surface area contributed by atoms with Gasteiger partial charge in [0.1, 0.15) is 11.5 Å². The van der Waals surface area contributed by atoms with Gasteiger partial charge < -0.3 is 28.0 Å². The smallest absolute Gasteiger partial charge is 0.238 e. The summed E-state index contributed by atoms with van der Waals surface area (Å²) >= 11 is 0. The minimum Gasteiger partial charge on any atom is -0.360 e. The average Bonchev–Trinajstić information content (AvgIpc) is 3.53. The number of hydrogen-bond acceptors (Lipinski definition) is 9. The van der Waals surface area contributed by atoms with Crippen molar-refractivity contribution in [1.29, 1.82) is 0 Å². The van der Waals surface area contributed by atoms with Gasteiger partial charge in [0.2, 0.25) is 5.78 Å². The van der Waals surface area contributed by atoms with E-state index in [4.69, 9.17) is 28.0 Å². The van der Waals surface area contributed by atoms with Crippen LogP contribution in [0.3, 0.4) is 0 Å². The van der Waals surface area contributed by atoms with E-state index in [9.17, 15) is 4.79 Å². The SMILES string of the molecule is CCOC(C)OCc1ccccc1-c1c(C(=O)c2noc(C)c2-c2ccccc2COC(C)OCC)noc1C. The molecule has 2 aromatic carbocycles. The van der Waals surface area contributed by atoms with Crippen molar-refractivity contribution in [1.82, 2.24) is 10.3 Å². The van der Waals surface area contributed by atoms with Gasteiger partial charge in [-0.05, 0) is 63.8 Å². The van der Waals surface area contributed by atoms with Crippen molar-refractivity contribution in [3.05, 3.63) is 82.6 Å². The molecule has 9 nitrogen and oxygen atoms in total. The molecule has 9 heteroatoms. The zero-order valence-corrected chi connectivity index (χ0v) is 23.9. The van der Waals surface area contributed by atoms with Crippen LogP contribution in [0.1, 0.15) is 66.5 Å². The van der Waals surface area contributed by atoms with Gasteiger partial charge in [-0.1, -0.05) is 58.8 Å². The van der Waals surface area contributed by atoms with E-state index < -0.39 is 5.78 Å². The second-order valence-electron chi connectivity index (χ2n) is 9.24. The standard InChI is InChI=1S/C31H36N2O7/c1-7-35-21(5)37-17-23-13-9-11-15-25(23)27-19(3)39-32-29(27)31(34)30-28(20(4)40-33-30)26-16-12-10-14-24(26)18-38-22(6)36-8-2/h9-16,21-22H,7-8,17-18H2,1-6H3. The van der Waals surface area contributed by atoms with Crippen LogP contribution in [0.15, 0.2) is 57.6 Å². The van der Waals surface area contributed by atoms with Crippen LogP contribution in [0.4, 0.5) is 0 Å². The van der Waals surface area contributed by atoms with Crippen LogP contribution in [0.25, 0.3) is 22.3 Å². The highest BCUT2D eigenvalue weighted by Gasteiger charge is 2.30. The number of nitrogens with zero attached hydrogens (tertiary/aromatic N) is 2. The summed E-state index contributed by atoms with van der Waals surface area (Å²) < 4.78 is 33.9. The van der Waals surface area contributed by atoms with Crippen LogP contribution >= 0.6 is 0 Å². The molecule has 2 unspecified atom stereocenters. The maximum absolute atomic E-state index is 14.0. The van der Waals surface area contributed by atoms with Gasteiger partial charge in [0, 0.05) is 13.2 Å². The summed E-state index contributed by atoms with van der Waals surface area (Å²) in [7, 11) is 0. The van der Waals surface area contributed by atoms with Gasteiger partial charge in [-0.15, -0.1) is 0 Å². The van der Waals surface area contributed by atoms with Gasteiger partial charge in [0.05, 0.1) is 24.3 Å². The fourth-order valence-electron chi connectivity index (χ4n) is 4.56. The van der Waals surface area contributed by atoms with Crippen molar-refractivity contribution in [2.45, 2.75) is 67.3 Å². The third kappa shape index (κ3) is 6.56. The lowest BCUT2D eigenvalue weighted by molar-refractivity contribution is -0.134. The second kappa shape index (κ2) is 13.6. The number of ketones is 1. The molecule has 0 radical (unpaired) electrons. The first-order valence-corrected chi connectivity index (χ1v) is 13.5. The van der Waals surface area contributed by atoms with Crippen molar-refractivity contribution >= 4 is 5.78 Å². The molecule has 2 atom stereocenters. The molecule has 40 heavy (non-hydrogen) atoms. The predicted octanol–water partition coefficient (Wildman–Crippen LogP) is 6.64. The number of aromatic nitrogens is 2.